The summed E-state index contributed by atoms with van der Waals surface area (Å²) in [6.45, 7) is 3.85. The van der Waals surface area contributed by atoms with Crippen LogP contribution in [0.25, 0.3) is 0 Å². The van der Waals surface area contributed by atoms with E-state index in [1.807, 2.05) is 131 Å². The third-order valence-corrected chi connectivity index (χ3v) is 8.10. The first kappa shape index (κ1) is 23.9. The Morgan fingerprint density at radius 3 is 1.72 bits per heavy atom. The van der Waals surface area contributed by atoms with Gasteiger partial charge in [0.1, 0.15) is 5.78 Å². The second-order valence-electron chi connectivity index (χ2n) is 8.56. The minimum atomic E-state index is -3.36. The SMILES string of the molecule is CC(C)O[P@](=O)(c1ccc(N(C)C)cc1)[C@@H](Nc1ccccc1)c1ccc(N(C)C)cc1. The number of nitrogens with one attached hydrogen (secondary N) is 1. The summed E-state index contributed by atoms with van der Waals surface area (Å²) in [5.41, 5.74) is 3.95. The summed E-state index contributed by atoms with van der Waals surface area (Å²) in [5.74, 6) is -0.534. The van der Waals surface area contributed by atoms with Gasteiger partial charge in [0.15, 0.2) is 0 Å². The van der Waals surface area contributed by atoms with Crippen LogP contribution >= 0.6 is 7.37 Å². The second kappa shape index (κ2) is 10.2. The van der Waals surface area contributed by atoms with Crippen molar-refractivity contribution in [1.82, 2.24) is 0 Å². The van der Waals surface area contributed by atoms with Crippen molar-refractivity contribution in [3.63, 3.8) is 0 Å². The summed E-state index contributed by atoms with van der Waals surface area (Å²) in [6.07, 6.45) is -0.199. The van der Waals surface area contributed by atoms with E-state index in [0.717, 1.165) is 22.6 Å². The van der Waals surface area contributed by atoms with E-state index in [4.69, 9.17) is 4.52 Å². The molecule has 32 heavy (non-hydrogen) atoms. The van der Waals surface area contributed by atoms with Gasteiger partial charge in [0.2, 0.25) is 0 Å². The summed E-state index contributed by atoms with van der Waals surface area (Å²) in [7, 11) is 4.64. The second-order valence-corrected chi connectivity index (χ2v) is 11.0. The van der Waals surface area contributed by atoms with Gasteiger partial charge in [0.25, 0.3) is 7.37 Å². The fourth-order valence-corrected chi connectivity index (χ4v) is 6.17. The molecular weight excluding hydrogens is 417 g/mol. The zero-order valence-corrected chi connectivity index (χ0v) is 20.7. The smallest absolute Gasteiger partial charge is 0.258 e. The molecule has 3 aromatic rings. The van der Waals surface area contributed by atoms with Gasteiger partial charge in [-0.15, -0.1) is 0 Å². The minimum absolute atomic E-state index is 0.199. The van der Waals surface area contributed by atoms with Gasteiger partial charge < -0.3 is 19.6 Å². The molecule has 0 fully saturated rings. The van der Waals surface area contributed by atoms with Gasteiger partial charge in [0, 0.05) is 50.6 Å². The molecule has 0 spiro atoms. The Morgan fingerprint density at radius 2 is 1.25 bits per heavy atom. The van der Waals surface area contributed by atoms with Crippen LogP contribution in [0.15, 0.2) is 78.9 Å². The van der Waals surface area contributed by atoms with Gasteiger partial charge in [-0.25, -0.2) is 0 Å². The third kappa shape index (κ3) is 5.53. The predicted molar refractivity (Wildman–Crippen MR) is 138 cm³/mol. The van der Waals surface area contributed by atoms with E-state index in [2.05, 4.69) is 5.32 Å². The maximum Gasteiger partial charge on any atom is 0.258 e. The Bertz CT molecular complexity index is 1030. The van der Waals surface area contributed by atoms with E-state index in [9.17, 15) is 4.57 Å². The van der Waals surface area contributed by atoms with Crippen molar-refractivity contribution in [2.24, 2.45) is 0 Å². The molecule has 0 radical (unpaired) electrons. The first-order chi connectivity index (χ1) is 15.2. The van der Waals surface area contributed by atoms with E-state index < -0.39 is 13.2 Å². The molecule has 0 aliphatic heterocycles. The molecule has 0 amide bonds. The van der Waals surface area contributed by atoms with Gasteiger partial charge >= 0.3 is 0 Å². The highest BCUT2D eigenvalue weighted by atomic mass is 31.2. The quantitative estimate of drug-likeness (QED) is 0.407. The van der Waals surface area contributed by atoms with Crippen LogP contribution in [0.4, 0.5) is 17.1 Å². The van der Waals surface area contributed by atoms with Crippen molar-refractivity contribution >= 4 is 29.7 Å². The molecule has 0 unspecified atom stereocenters. The first-order valence-electron chi connectivity index (χ1n) is 10.9. The fourth-order valence-electron chi connectivity index (χ4n) is 3.55. The van der Waals surface area contributed by atoms with E-state index >= 15 is 0 Å². The molecule has 0 aliphatic carbocycles. The van der Waals surface area contributed by atoms with Crippen LogP contribution < -0.4 is 20.4 Å². The summed E-state index contributed by atoms with van der Waals surface area (Å²) >= 11 is 0. The summed E-state index contributed by atoms with van der Waals surface area (Å²) in [6, 6.07) is 25.8. The van der Waals surface area contributed by atoms with Crippen molar-refractivity contribution in [2.45, 2.75) is 25.7 Å². The monoisotopic (exact) mass is 451 g/mol. The first-order valence-corrected chi connectivity index (χ1v) is 12.5. The lowest BCUT2D eigenvalue weighted by atomic mass is 10.2. The van der Waals surface area contributed by atoms with Crippen LogP contribution in [0.2, 0.25) is 0 Å². The normalized spacial score (nSPS) is 14.0. The van der Waals surface area contributed by atoms with Crippen LogP contribution in [0.1, 0.15) is 25.2 Å². The molecule has 0 saturated carbocycles. The predicted octanol–water partition coefficient (Wildman–Crippen LogP) is 5.96. The van der Waals surface area contributed by atoms with Crippen LogP contribution in [-0.4, -0.2) is 34.3 Å². The Kier molecular flexibility index (Phi) is 7.65. The lowest BCUT2D eigenvalue weighted by Crippen LogP contribution is -2.23. The molecule has 5 nitrogen and oxygen atoms in total. The number of hydrogen-bond donors (Lipinski definition) is 1. The molecule has 3 rings (SSSR count). The Morgan fingerprint density at radius 1 is 0.750 bits per heavy atom. The van der Waals surface area contributed by atoms with E-state index in [0.29, 0.717) is 5.30 Å². The fraction of sp³-hybridized carbons (Fsp3) is 0.308. The van der Waals surface area contributed by atoms with Crippen LogP contribution in [0.3, 0.4) is 0 Å². The molecule has 0 bridgehead atoms. The minimum Gasteiger partial charge on any atom is -0.378 e. The number of para-hydroxylation sites is 1. The molecule has 0 aliphatic rings. The maximum absolute atomic E-state index is 14.7. The van der Waals surface area contributed by atoms with Crippen molar-refractivity contribution in [1.29, 1.82) is 0 Å². The Hall–Kier alpha value is -2.75. The zero-order valence-electron chi connectivity index (χ0n) is 19.8. The lowest BCUT2D eigenvalue weighted by molar-refractivity contribution is 0.245. The largest absolute Gasteiger partial charge is 0.378 e. The van der Waals surface area contributed by atoms with Crippen molar-refractivity contribution in [3.8, 4) is 0 Å². The molecular formula is C26H34N3O2P. The molecule has 3 aromatic carbocycles. The van der Waals surface area contributed by atoms with Gasteiger partial charge in [-0.2, -0.15) is 0 Å². The Balaban J connectivity index is 2.12. The average molecular weight is 452 g/mol. The summed E-state index contributed by atoms with van der Waals surface area (Å²) in [4.78, 5) is 4.07. The standard InChI is InChI=1S/C26H34N3O2P/c1-20(2)31-32(30,25-18-16-24(17-19-25)29(5)6)26(27-22-10-8-7-9-11-22)21-12-14-23(15-13-21)28(3)4/h7-20,26-27H,1-6H3/t26-,32-/m1/s1. The van der Waals surface area contributed by atoms with Crippen LogP contribution in [0, 0.1) is 0 Å². The van der Waals surface area contributed by atoms with Gasteiger partial charge in [0.05, 0.1) is 6.10 Å². The maximum atomic E-state index is 14.7. The van der Waals surface area contributed by atoms with Crippen molar-refractivity contribution < 1.29 is 9.09 Å². The topological polar surface area (TPSA) is 44.8 Å². The van der Waals surface area contributed by atoms with Gasteiger partial charge in [-0.05, 0) is 67.9 Å². The highest BCUT2D eigenvalue weighted by molar-refractivity contribution is 7.67. The molecule has 0 heterocycles. The third-order valence-electron chi connectivity index (χ3n) is 5.24. The average Bonchev–Trinajstić information content (AvgIpc) is 2.77. The molecule has 2 atom stereocenters. The summed E-state index contributed by atoms with van der Waals surface area (Å²) in [5, 5.41) is 4.21. The molecule has 6 heteroatoms. The van der Waals surface area contributed by atoms with E-state index in [1.54, 1.807) is 0 Å². The van der Waals surface area contributed by atoms with E-state index in [-0.39, 0.29) is 6.10 Å². The number of rotatable bonds is 9. The molecule has 0 saturated heterocycles. The highest BCUT2D eigenvalue weighted by Crippen LogP contribution is 2.60. The number of benzene rings is 3. The Labute approximate surface area is 192 Å². The summed E-state index contributed by atoms with van der Waals surface area (Å²) < 4.78 is 21.0. The highest BCUT2D eigenvalue weighted by Gasteiger charge is 2.38. The number of hydrogen-bond acceptors (Lipinski definition) is 5. The van der Waals surface area contributed by atoms with E-state index in [1.165, 1.54) is 0 Å². The van der Waals surface area contributed by atoms with Gasteiger partial charge in [-0.1, -0.05) is 30.3 Å². The molecule has 0 aromatic heterocycles. The number of nitrogens with zero attached hydrogens (tertiary/aromatic N) is 2. The van der Waals surface area contributed by atoms with Crippen LogP contribution in [0.5, 0.6) is 0 Å². The molecule has 1 N–H and O–H groups in total. The number of anilines is 3. The lowest BCUT2D eigenvalue weighted by Gasteiger charge is -2.31. The zero-order chi connectivity index (χ0) is 23.3. The van der Waals surface area contributed by atoms with Gasteiger partial charge in [-0.3, -0.25) is 4.57 Å². The molecule has 170 valence electrons. The van der Waals surface area contributed by atoms with Crippen LogP contribution in [-0.2, 0) is 9.09 Å². The van der Waals surface area contributed by atoms with Crippen molar-refractivity contribution in [2.75, 3.05) is 43.3 Å². The van der Waals surface area contributed by atoms with Crippen molar-refractivity contribution in [3.05, 3.63) is 84.4 Å².